The van der Waals surface area contributed by atoms with Crippen molar-refractivity contribution in [3.05, 3.63) is 94.6 Å². The first-order chi connectivity index (χ1) is 15.0. The Morgan fingerprint density at radius 1 is 1.00 bits per heavy atom. The Labute approximate surface area is 186 Å². The molecular formula is C23H17BrN4O3. The van der Waals surface area contributed by atoms with Crippen LogP contribution in [0.2, 0.25) is 0 Å². The molecule has 154 valence electrons. The molecule has 3 N–H and O–H groups in total. The number of aromatic hydroxyl groups is 1. The zero-order chi connectivity index (χ0) is 21.8. The van der Waals surface area contributed by atoms with E-state index in [1.54, 1.807) is 47.3 Å². The minimum absolute atomic E-state index is 0.166. The Balaban J connectivity index is 1.67. The number of carbonyl (C=O) groups is 1. The third-order valence-electron chi connectivity index (χ3n) is 4.50. The first kappa shape index (κ1) is 20.4. The monoisotopic (exact) mass is 476 g/mol. The van der Waals surface area contributed by atoms with Crippen LogP contribution in [0.25, 0.3) is 16.9 Å². The maximum Gasteiger partial charge on any atom is 0.335 e. The topological polar surface area (TPSA) is 99.7 Å². The van der Waals surface area contributed by atoms with Crippen molar-refractivity contribution < 1.29 is 15.0 Å². The van der Waals surface area contributed by atoms with Gasteiger partial charge < -0.3 is 10.2 Å². The van der Waals surface area contributed by atoms with E-state index < -0.39 is 5.97 Å². The molecule has 0 saturated carbocycles. The van der Waals surface area contributed by atoms with E-state index in [1.807, 2.05) is 30.5 Å². The first-order valence-electron chi connectivity index (χ1n) is 9.27. The summed E-state index contributed by atoms with van der Waals surface area (Å²) >= 11 is 3.40. The van der Waals surface area contributed by atoms with E-state index >= 15 is 0 Å². The van der Waals surface area contributed by atoms with Crippen LogP contribution in [0.5, 0.6) is 5.75 Å². The zero-order valence-electron chi connectivity index (χ0n) is 16.1. The van der Waals surface area contributed by atoms with Gasteiger partial charge in [-0.15, -0.1) is 0 Å². The molecule has 1 heterocycles. The SMILES string of the molecule is O=C(O)c1ccc(-n2cc(/C=N/Nc3ccc(Br)cc3)c(-c3ccc(O)cc3)n2)cc1. The van der Waals surface area contributed by atoms with Crippen LogP contribution in [-0.4, -0.2) is 32.2 Å². The van der Waals surface area contributed by atoms with Crippen LogP contribution in [0.1, 0.15) is 15.9 Å². The Bertz CT molecular complexity index is 1230. The van der Waals surface area contributed by atoms with Crippen LogP contribution in [0.15, 0.2) is 88.6 Å². The van der Waals surface area contributed by atoms with Crippen LogP contribution in [-0.2, 0) is 0 Å². The molecule has 0 spiro atoms. The molecule has 31 heavy (non-hydrogen) atoms. The smallest absolute Gasteiger partial charge is 0.335 e. The van der Waals surface area contributed by atoms with Crippen LogP contribution in [0.4, 0.5) is 5.69 Å². The summed E-state index contributed by atoms with van der Waals surface area (Å²) in [6, 6.07) is 20.8. The predicted octanol–water partition coefficient (Wildman–Crippen LogP) is 5.15. The minimum Gasteiger partial charge on any atom is -0.508 e. The number of carboxylic acid groups (broad SMARTS) is 1. The number of hydrazone groups is 1. The van der Waals surface area contributed by atoms with E-state index in [2.05, 4.69) is 31.6 Å². The highest BCUT2D eigenvalue weighted by molar-refractivity contribution is 9.10. The van der Waals surface area contributed by atoms with Crippen molar-refractivity contribution in [3.63, 3.8) is 0 Å². The van der Waals surface area contributed by atoms with Crippen LogP contribution >= 0.6 is 15.9 Å². The number of aromatic nitrogens is 2. The Morgan fingerprint density at radius 2 is 1.68 bits per heavy atom. The third kappa shape index (κ3) is 4.81. The number of carboxylic acids is 1. The number of rotatable bonds is 6. The van der Waals surface area contributed by atoms with Gasteiger partial charge in [-0.1, -0.05) is 15.9 Å². The van der Waals surface area contributed by atoms with Crippen molar-refractivity contribution in [2.24, 2.45) is 5.10 Å². The first-order valence-corrected chi connectivity index (χ1v) is 10.1. The van der Waals surface area contributed by atoms with E-state index in [1.165, 1.54) is 12.1 Å². The van der Waals surface area contributed by atoms with Crippen molar-refractivity contribution >= 4 is 33.8 Å². The highest BCUT2D eigenvalue weighted by Crippen LogP contribution is 2.25. The molecule has 0 radical (unpaired) electrons. The summed E-state index contributed by atoms with van der Waals surface area (Å²) in [7, 11) is 0. The summed E-state index contributed by atoms with van der Waals surface area (Å²) < 4.78 is 2.64. The molecule has 1 aromatic heterocycles. The molecule has 0 bridgehead atoms. The Morgan fingerprint density at radius 3 is 2.32 bits per heavy atom. The molecule has 3 aromatic carbocycles. The Kier molecular flexibility index (Phi) is 5.81. The van der Waals surface area contributed by atoms with E-state index in [9.17, 15) is 9.90 Å². The molecule has 0 amide bonds. The zero-order valence-corrected chi connectivity index (χ0v) is 17.7. The van der Waals surface area contributed by atoms with Gasteiger partial charge in [0.1, 0.15) is 11.4 Å². The number of benzene rings is 3. The molecule has 4 aromatic rings. The summed E-state index contributed by atoms with van der Waals surface area (Å²) in [6.45, 7) is 0. The second kappa shape index (κ2) is 8.85. The van der Waals surface area contributed by atoms with Gasteiger partial charge >= 0.3 is 5.97 Å². The molecule has 0 aliphatic carbocycles. The number of phenolic OH excluding ortho intramolecular Hbond substituents is 1. The van der Waals surface area contributed by atoms with E-state index in [4.69, 9.17) is 5.11 Å². The van der Waals surface area contributed by atoms with Gasteiger partial charge in [0.25, 0.3) is 0 Å². The number of aromatic carboxylic acids is 1. The lowest BCUT2D eigenvalue weighted by atomic mass is 10.1. The molecule has 7 nitrogen and oxygen atoms in total. The van der Waals surface area contributed by atoms with Crippen LogP contribution < -0.4 is 5.43 Å². The van der Waals surface area contributed by atoms with Crippen molar-refractivity contribution in [1.29, 1.82) is 0 Å². The highest BCUT2D eigenvalue weighted by atomic mass is 79.9. The molecule has 0 aliphatic rings. The predicted molar refractivity (Wildman–Crippen MR) is 123 cm³/mol. The molecule has 0 atom stereocenters. The van der Waals surface area contributed by atoms with Gasteiger partial charge in [-0.3, -0.25) is 5.43 Å². The lowest BCUT2D eigenvalue weighted by molar-refractivity contribution is 0.0697. The maximum atomic E-state index is 11.1. The number of hydrogen-bond acceptors (Lipinski definition) is 5. The standard InChI is InChI=1S/C23H17BrN4O3/c24-18-5-7-19(8-6-18)26-25-13-17-14-28(20-9-1-16(2-10-20)23(30)31)27-22(17)15-3-11-21(29)12-4-15/h1-14,26,29H,(H,30,31)/b25-13+. The van der Waals surface area contributed by atoms with E-state index in [0.29, 0.717) is 11.4 Å². The molecule has 4 rings (SSSR count). The fourth-order valence-corrected chi connectivity index (χ4v) is 3.18. The summed E-state index contributed by atoms with van der Waals surface area (Å²) in [5.41, 5.74) is 6.96. The van der Waals surface area contributed by atoms with Gasteiger partial charge in [-0.05, 0) is 72.8 Å². The van der Waals surface area contributed by atoms with Gasteiger partial charge in [0.15, 0.2) is 0 Å². The van der Waals surface area contributed by atoms with Gasteiger partial charge in [-0.25, -0.2) is 9.48 Å². The summed E-state index contributed by atoms with van der Waals surface area (Å²) in [5, 5.41) is 27.7. The van der Waals surface area contributed by atoms with Gasteiger partial charge in [0, 0.05) is 21.8 Å². The summed E-state index contributed by atoms with van der Waals surface area (Å²) in [4.78, 5) is 11.1. The lowest BCUT2D eigenvalue weighted by Crippen LogP contribution is -1.98. The number of phenols is 1. The largest absolute Gasteiger partial charge is 0.508 e. The third-order valence-corrected chi connectivity index (χ3v) is 5.03. The summed E-state index contributed by atoms with van der Waals surface area (Å²) in [5.74, 6) is -0.816. The molecule has 0 unspecified atom stereocenters. The van der Waals surface area contributed by atoms with E-state index in [-0.39, 0.29) is 11.3 Å². The van der Waals surface area contributed by atoms with Crippen molar-refractivity contribution in [1.82, 2.24) is 9.78 Å². The van der Waals surface area contributed by atoms with Gasteiger partial charge in [-0.2, -0.15) is 10.2 Å². The van der Waals surface area contributed by atoms with Gasteiger partial charge in [0.2, 0.25) is 0 Å². The number of anilines is 1. The summed E-state index contributed by atoms with van der Waals surface area (Å²) in [6.07, 6.45) is 3.48. The van der Waals surface area contributed by atoms with Crippen molar-refractivity contribution in [3.8, 4) is 22.7 Å². The molecule has 0 fully saturated rings. The number of nitrogens with zero attached hydrogens (tertiary/aromatic N) is 3. The maximum absolute atomic E-state index is 11.1. The molecular weight excluding hydrogens is 460 g/mol. The second-order valence-corrected chi connectivity index (χ2v) is 7.57. The fourth-order valence-electron chi connectivity index (χ4n) is 2.92. The average Bonchev–Trinajstić information content (AvgIpc) is 3.20. The normalized spacial score (nSPS) is 11.0. The Hall–Kier alpha value is -3.91. The van der Waals surface area contributed by atoms with Crippen LogP contribution in [0.3, 0.4) is 0 Å². The molecule has 0 saturated heterocycles. The lowest BCUT2D eigenvalue weighted by Gasteiger charge is -2.02. The second-order valence-electron chi connectivity index (χ2n) is 6.65. The number of hydrogen-bond donors (Lipinski definition) is 3. The van der Waals surface area contributed by atoms with Crippen molar-refractivity contribution in [2.45, 2.75) is 0 Å². The molecule has 0 aliphatic heterocycles. The van der Waals surface area contributed by atoms with Gasteiger partial charge in [0.05, 0.1) is 23.2 Å². The highest BCUT2D eigenvalue weighted by Gasteiger charge is 2.12. The minimum atomic E-state index is -0.983. The number of nitrogens with one attached hydrogen (secondary N) is 1. The van der Waals surface area contributed by atoms with Crippen molar-refractivity contribution in [2.75, 3.05) is 5.43 Å². The number of halogens is 1. The average molecular weight is 477 g/mol. The fraction of sp³-hybridized carbons (Fsp3) is 0. The van der Waals surface area contributed by atoms with E-state index in [0.717, 1.165) is 21.3 Å². The quantitative estimate of drug-likeness (QED) is 0.264. The molecule has 8 heteroatoms. The van der Waals surface area contributed by atoms with Crippen LogP contribution in [0, 0.1) is 0 Å².